The highest BCUT2D eigenvalue weighted by Gasteiger charge is 2.29. The predicted molar refractivity (Wildman–Crippen MR) is 106 cm³/mol. The van der Waals surface area contributed by atoms with Crippen molar-refractivity contribution in [3.8, 4) is 0 Å². The summed E-state index contributed by atoms with van der Waals surface area (Å²) < 4.78 is 27.2. The Hall–Kier alpha value is -1.90. The van der Waals surface area contributed by atoms with E-state index in [2.05, 4.69) is 5.32 Å². The van der Waals surface area contributed by atoms with Crippen LogP contribution in [0, 0.1) is 6.92 Å². The Morgan fingerprint density at radius 2 is 1.77 bits per heavy atom. The number of sulfonamides is 1. The van der Waals surface area contributed by atoms with Crippen LogP contribution in [0.3, 0.4) is 0 Å². The molecule has 1 aromatic carbocycles. The molecule has 26 heavy (non-hydrogen) atoms. The number of carbonyl (C=O) groups is 1. The van der Waals surface area contributed by atoms with Crippen LogP contribution in [0.2, 0.25) is 0 Å². The molecule has 2 heterocycles. The lowest BCUT2D eigenvalue weighted by atomic mass is 10.2. The van der Waals surface area contributed by atoms with E-state index in [0.29, 0.717) is 24.3 Å². The molecule has 2 aromatic rings. The second-order valence-electron chi connectivity index (χ2n) is 6.54. The van der Waals surface area contributed by atoms with Crippen LogP contribution < -0.4 is 10.2 Å². The lowest BCUT2D eigenvalue weighted by Crippen LogP contribution is -2.27. The van der Waals surface area contributed by atoms with Crippen LogP contribution in [0.4, 0.5) is 11.4 Å². The number of hydrogen-bond acceptors (Lipinski definition) is 5. The van der Waals surface area contributed by atoms with Crippen molar-refractivity contribution in [3.05, 3.63) is 40.8 Å². The van der Waals surface area contributed by atoms with E-state index in [9.17, 15) is 13.2 Å². The lowest BCUT2D eigenvalue weighted by molar-refractivity contribution is 0.102. The van der Waals surface area contributed by atoms with Gasteiger partial charge in [-0.1, -0.05) is 0 Å². The maximum absolute atomic E-state index is 12.7. The maximum atomic E-state index is 12.7. The van der Waals surface area contributed by atoms with Gasteiger partial charge in [-0.2, -0.15) is 4.31 Å². The standard InChI is InChI=1S/C18H23N3O3S2/c1-13-16(12-17(25-13)26(23,24)21-10-4-5-11-21)19-18(22)14-6-8-15(9-7-14)20(2)3/h6-9,12H,4-5,10-11H2,1-3H3,(H,19,22). The molecular weight excluding hydrogens is 370 g/mol. The van der Waals surface area contributed by atoms with Gasteiger partial charge in [-0.15, -0.1) is 11.3 Å². The third kappa shape index (κ3) is 3.77. The van der Waals surface area contributed by atoms with Gasteiger partial charge in [0.1, 0.15) is 4.21 Å². The zero-order valence-corrected chi connectivity index (χ0v) is 16.8. The van der Waals surface area contributed by atoms with Crippen molar-refractivity contribution < 1.29 is 13.2 Å². The van der Waals surface area contributed by atoms with Gasteiger partial charge in [-0.3, -0.25) is 4.79 Å². The summed E-state index contributed by atoms with van der Waals surface area (Å²) in [4.78, 5) is 15.2. The van der Waals surface area contributed by atoms with E-state index in [4.69, 9.17) is 0 Å². The number of nitrogens with zero attached hydrogens (tertiary/aromatic N) is 2. The van der Waals surface area contributed by atoms with E-state index >= 15 is 0 Å². The van der Waals surface area contributed by atoms with E-state index in [1.165, 1.54) is 15.6 Å². The Balaban J connectivity index is 1.78. The highest BCUT2D eigenvalue weighted by atomic mass is 32.2. The molecule has 1 saturated heterocycles. The summed E-state index contributed by atoms with van der Waals surface area (Å²) >= 11 is 1.20. The minimum Gasteiger partial charge on any atom is -0.378 e. The summed E-state index contributed by atoms with van der Waals surface area (Å²) in [7, 11) is 0.412. The first-order valence-electron chi connectivity index (χ1n) is 8.48. The Morgan fingerprint density at radius 3 is 2.35 bits per heavy atom. The summed E-state index contributed by atoms with van der Waals surface area (Å²) in [5, 5.41) is 2.83. The second-order valence-corrected chi connectivity index (χ2v) is 9.96. The number of rotatable bonds is 5. The topological polar surface area (TPSA) is 69.7 Å². The van der Waals surface area contributed by atoms with Gasteiger partial charge in [-0.05, 0) is 50.1 Å². The van der Waals surface area contributed by atoms with Gasteiger partial charge >= 0.3 is 0 Å². The highest BCUT2D eigenvalue weighted by Crippen LogP contribution is 2.33. The van der Waals surface area contributed by atoms with Crippen molar-refractivity contribution in [1.82, 2.24) is 4.31 Å². The molecule has 1 N–H and O–H groups in total. The molecule has 0 bridgehead atoms. The molecule has 0 radical (unpaired) electrons. The minimum atomic E-state index is -3.46. The van der Waals surface area contributed by atoms with Crippen LogP contribution in [0.5, 0.6) is 0 Å². The second kappa shape index (κ2) is 7.38. The summed E-state index contributed by atoms with van der Waals surface area (Å²) in [6.45, 7) is 2.96. The number of aryl methyl sites for hydroxylation is 1. The van der Waals surface area contributed by atoms with Crippen molar-refractivity contribution in [2.75, 3.05) is 37.4 Å². The molecule has 0 unspecified atom stereocenters. The fraction of sp³-hybridized carbons (Fsp3) is 0.389. The zero-order valence-electron chi connectivity index (χ0n) is 15.2. The number of thiophene rings is 1. The van der Waals surface area contributed by atoms with Crippen LogP contribution >= 0.6 is 11.3 Å². The molecule has 6 nitrogen and oxygen atoms in total. The van der Waals surface area contributed by atoms with E-state index in [0.717, 1.165) is 23.4 Å². The molecular formula is C18H23N3O3S2. The van der Waals surface area contributed by atoms with E-state index in [1.54, 1.807) is 18.2 Å². The van der Waals surface area contributed by atoms with Gasteiger partial charge in [0.05, 0.1) is 5.69 Å². The van der Waals surface area contributed by atoms with Crippen molar-refractivity contribution >= 4 is 38.6 Å². The molecule has 0 aliphatic carbocycles. The Kier molecular flexibility index (Phi) is 5.36. The number of hydrogen-bond donors (Lipinski definition) is 1. The average molecular weight is 394 g/mol. The smallest absolute Gasteiger partial charge is 0.255 e. The first-order valence-corrected chi connectivity index (χ1v) is 10.7. The normalized spacial score (nSPS) is 15.2. The molecule has 3 rings (SSSR count). The molecule has 1 aliphatic rings. The molecule has 1 amide bonds. The van der Waals surface area contributed by atoms with Gasteiger partial charge in [-0.25, -0.2) is 8.42 Å². The summed E-state index contributed by atoms with van der Waals surface area (Å²) in [6.07, 6.45) is 1.80. The van der Waals surface area contributed by atoms with Crippen LogP contribution in [0.25, 0.3) is 0 Å². The van der Waals surface area contributed by atoms with Crippen molar-refractivity contribution in [2.45, 2.75) is 24.0 Å². The number of nitrogens with one attached hydrogen (secondary N) is 1. The van der Waals surface area contributed by atoms with Crippen molar-refractivity contribution in [1.29, 1.82) is 0 Å². The Morgan fingerprint density at radius 1 is 1.15 bits per heavy atom. The van der Waals surface area contributed by atoms with Gasteiger partial charge in [0.25, 0.3) is 15.9 Å². The molecule has 1 fully saturated rings. The van der Waals surface area contributed by atoms with Crippen LogP contribution in [0.1, 0.15) is 28.1 Å². The summed E-state index contributed by atoms with van der Waals surface area (Å²) in [6, 6.07) is 8.83. The quantitative estimate of drug-likeness (QED) is 0.847. The fourth-order valence-corrected chi connectivity index (χ4v) is 5.94. The highest BCUT2D eigenvalue weighted by molar-refractivity contribution is 7.91. The third-order valence-corrected chi connectivity index (χ3v) is 7.85. The van der Waals surface area contributed by atoms with Gasteiger partial charge in [0, 0.05) is 43.3 Å². The van der Waals surface area contributed by atoms with Crippen molar-refractivity contribution in [2.24, 2.45) is 0 Å². The number of amides is 1. The minimum absolute atomic E-state index is 0.249. The van der Waals surface area contributed by atoms with Crippen LogP contribution in [0.15, 0.2) is 34.5 Å². The van der Waals surface area contributed by atoms with Crippen LogP contribution in [-0.2, 0) is 10.0 Å². The molecule has 0 atom stereocenters. The van der Waals surface area contributed by atoms with Crippen molar-refractivity contribution in [3.63, 3.8) is 0 Å². The maximum Gasteiger partial charge on any atom is 0.255 e. The van der Waals surface area contributed by atoms with Gasteiger partial charge < -0.3 is 10.2 Å². The van der Waals surface area contributed by atoms with E-state index in [1.807, 2.05) is 38.1 Å². The monoisotopic (exact) mass is 393 g/mol. The molecule has 0 saturated carbocycles. The predicted octanol–water partition coefficient (Wildman–Crippen LogP) is 3.16. The van der Waals surface area contributed by atoms with Gasteiger partial charge in [0.15, 0.2) is 0 Å². The Labute approximate surface area is 158 Å². The SMILES string of the molecule is Cc1sc(S(=O)(=O)N2CCCC2)cc1NC(=O)c1ccc(N(C)C)cc1. The molecule has 0 spiro atoms. The zero-order chi connectivity index (χ0) is 18.9. The fourth-order valence-electron chi connectivity index (χ4n) is 2.87. The lowest BCUT2D eigenvalue weighted by Gasteiger charge is -2.13. The number of carbonyl (C=O) groups excluding carboxylic acids is 1. The third-order valence-electron chi connectivity index (χ3n) is 4.45. The van der Waals surface area contributed by atoms with E-state index in [-0.39, 0.29) is 10.1 Å². The molecule has 8 heteroatoms. The number of benzene rings is 1. The van der Waals surface area contributed by atoms with E-state index < -0.39 is 10.0 Å². The molecule has 140 valence electrons. The summed E-state index contributed by atoms with van der Waals surface area (Å²) in [5.74, 6) is -0.249. The largest absolute Gasteiger partial charge is 0.378 e. The first kappa shape index (κ1) is 18.9. The molecule has 1 aliphatic heterocycles. The summed E-state index contributed by atoms with van der Waals surface area (Å²) in [5.41, 5.74) is 2.09. The Bertz CT molecular complexity index is 896. The first-order chi connectivity index (χ1) is 12.3. The van der Waals surface area contributed by atoms with Crippen LogP contribution in [-0.4, -0.2) is 45.8 Å². The number of anilines is 2. The van der Waals surface area contributed by atoms with Gasteiger partial charge in [0.2, 0.25) is 0 Å². The average Bonchev–Trinajstić information content (AvgIpc) is 3.26. The molecule has 1 aromatic heterocycles.